The summed E-state index contributed by atoms with van der Waals surface area (Å²) >= 11 is 0. The summed E-state index contributed by atoms with van der Waals surface area (Å²) in [6.07, 6.45) is 5.86. The number of anilines is 3. The van der Waals surface area contributed by atoms with E-state index >= 15 is 0 Å². The third kappa shape index (κ3) is 10.3. The number of para-hydroxylation sites is 1. The number of hydrogen-bond acceptors (Lipinski definition) is 7. The second-order valence-electron chi connectivity index (χ2n) is 14.3. The molecule has 1 unspecified atom stereocenters. The van der Waals surface area contributed by atoms with Crippen LogP contribution in [0.15, 0.2) is 132 Å². The lowest BCUT2D eigenvalue weighted by Crippen LogP contribution is -2.37. The van der Waals surface area contributed by atoms with E-state index in [0.29, 0.717) is 46.4 Å². The molecule has 0 aliphatic rings. The fourth-order valence-electron chi connectivity index (χ4n) is 7.00. The van der Waals surface area contributed by atoms with Crippen molar-refractivity contribution in [3.05, 3.63) is 156 Å². The smallest absolute Gasteiger partial charge is 0.321 e. The van der Waals surface area contributed by atoms with Crippen molar-refractivity contribution in [2.45, 2.75) is 65.2 Å². The van der Waals surface area contributed by atoms with Gasteiger partial charge in [-0.05, 0) is 80.3 Å². The fourth-order valence-corrected chi connectivity index (χ4v) is 7.00. The predicted octanol–water partition coefficient (Wildman–Crippen LogP) is 11.3. The van der Waals surface area contributed by atoms with Crippen molar-refractivity contribution in [1.82, 2.24) is 10.3 Å². The Kier molecular flexibility index (Phi) is 14.3. The number of amides is 2. The minimum absolute atomic E-state index is 0.112. The number of oxazole rings is 1. The van der Waals surface area contributed by atoms with E-state index in [2.05, 4.69) is 17.6 Å². The zero-order chi connectivity index (χ0) is 40.9. The average Bonchev–Trinajstić information content (AvgIpc) is 3.65. The van der Waals surface area contributed by atoms with Crippen LogP contribution in [-0.2, 0) is 16.0 Å². The monoisotopic (exact) mass is 776 g/mol. The summed E-state index contributed by atoms with van der Waals surface area (Å²) in [6, 6.07) is 39.9. The number of esters is 1. The van der Waals surface area contributed by atoms with Crippen molar-refractivity contribution in [3.63, 3.8) is 0 Å². The van der Waals surface area contributed by atoms with Gasteiger partial charge in [-0.15, -0.1) is 0 Å². The van der Waals surface area contributed by atoms with Crippen LogP contribution in [-0.4, -0.2) is 43.0 Å². The first-order chi connectivity index (χ1) is 28.3. The topological polar surface area (TPSA) is 114 Å². The van der Waals surface area contributed by atoms with Gasteiger partial charge in [0.1, 0.15) is 11.7 Å². The molecule has 0 spiro atoms. The van der Waals surface area contributed by atoms with E-state index in [1.54, 1.807) is 31.0 Å². The molecule has 298 valence electrons. The van der Waals surface area contributed by atoms with Gasteiger partial charge in [0.25, 0.3) is 0 Å². The van der Waals surface area contributed by atoms with Crippen LogP contribution in [0.4, 0.5) is 21.9 Å². The lowest BCUT2D eigenvalue weighted by Gasteiger charge is -2.21. The van der Waals surface area contributed by atoms with E-state index in [0.717, 1.165) is 40.8 Å². The highest BCUT2D eigenvalue weighted by Gasteiger charge is 2.29. The first-order valence-corrected chi connectivity index (χ1v) is 20.2. The molecule has 9 nitrogen and oxygen atoms in total. The van der Waals surface area contributed by atoms with Crippen molar-refractivity contribution >= 4 is 34.8 Å². The number of nitrogens with one attached hydrogen (secondary N) is 2. The highest BCUT2D eigenvalue weighted by atomic mass is 16.5. The van der Waals surface area contributed by atoms with Gasteiger partial charge in [-0.25, -0.2) is 9.78 Å². The fraction of sp³-hybridized carbons (Fsp3) is 0.265. The molecule has 6 aromatic rings. The summed E-state index contributed by atoms with van der Waals surface area (Å²) in [5.74, 6) is -0.272. The Bertz CT molecular complexity index is 2300. The normalized spacial score (nSPS) is 11.4. The Morgan fingerprint density at radius 1 is 0.759 bits per heavy atom. The van der Waals surface area contributed by atoms with Gasteiger partial charge in [0, 0.05) is 52.9 Å². The van der Waals surface area contributed by atoms with E-state index in [1.165, 1.54) is 19.3 Å². The summed E-state index contributed by atoms with van der Waals surface area (Å²) in [6.45, 7) is 6.63. The molecular formula is C49H52N4O5. The molecule has 1 aromatic heterocycles. The molecule has 9 heteroatoms. The zero-order valence-corrected chi connectivity index (χ0v) is 33.8. The van der Waals surface area contributed by atoms with Crippen LogP contribution in [0.3, 0.4) is 0 Å². The quantitative estimate of drug-likeness (QED) is 0.0507. The Labute approximate surface area is 341 Å². The van der Waals surface area contributed by atoms with Crippen LogP contribution in [0.25, 0.3) is 22.6 Å². The summed E-state index contributed by atoms with van der Waals surface area (Å²) in [5.41, 5.74) is 7.04. The minimum atomic E-state index is -0.742. The summed E-state index contributed by atoms with van der Waals surface area (Å²) < 4.78 is 11.7. The second kappa shape index (κ2) is 20.1. The number of carbonyl (C=O) groups is 3. The van der Waals surface area contributed by atoms with Gasteiger partial charge in [0.05, 0.1) is 12.3 Å². The van der Waals surface area contributed by atoms with E-state index in [9.17, 15) is 14.4 Å². The van der Waals surface area contributed by atoms with Crippen LogP contribution >= 0.6 is 0 Å². The molecule has 6 rings (SSSR count). The molecule has 2 N–H and O–H groups in total. The largest absolute Gasteiger partial charge is 0.465 e. The molecular weight excluding hydrogens is 725 g/mol. The lowest BCUT2D eigenvalue weighted by atomic mass is 9.92. The minimum Gasteiger partial charge on any atom is -0.465 e. The van der Waals surface area contributed by atoms with Gasteiger partial charge < -0.3 is 19.8 Å². The van der Waals surface area contributed by atoms with Gasteiger partial charge in [-0.1, -0.05) is 118 Å². The SMILES string of the molecule is CCCCCCCNC(=O)N(C)c1cccc(-c2ccc(CC(C(=O)OCC)c3nc(-c4ccccc4)oc3C)cc2Nc2ccccc2C(=O)c2ccccc2)c1. The van der Waals surface area contributed by atoms with E-state index < -0.39 is 11.9 Å². The first-order valence-electron chi connectivity index (χ1n) is 20.2. The number of benzene rings is 5. The van der Waals surface area contributed by atoms with E-state index in [4.69, 9.17) is 14.1 Å². The molecule has 0 fully saturated rings. The van der Waals surface area contributed by atoms with Crippen molar-refractivity contribution in [1.29, 1.82) is 0 Å². The zero-order valence-electron chi connectivity index (χ0n) is 33.8. The Morgan fingerprint density at radius 3 is 2.22 bits per heavy atom. The Hall–Kier alpha value is -6.48. The molecule has 0 radical (unpaired) electrons. The predicted molar refractivity (Wildman–Crippen MR) is 232 cm³/mol. The highest BCUT2D eigenvalue weighted by Crippen LogP contribution is 2.37. The third-order valence-corrected chi connectivity index (χ3v) is 10.2. The molecule has 1 atom stereocenters. The standard InChI is InChI=1S/C49H52N4O5/c1-5-7-8-9-18-30-50-49(56)53(4)39-25-19-24-38(33-39)40-29-28-35(32-44(40)51-43-27-17-16-26-41(43)46(54)36-20-12-10-13-21-36)31-42(48(55)57-6-2)45-34(3)58-47(52-45)37-22-14-11-15-23-37/h10-17,19-29,32-33,42,51H,5-9,18,30-31H2,1-4H3,(H,50,56). The van der Waals surface area contributed by atoms with Crippen LogP contribution < -0.4 is 15.5 Å². The maximum Gasteiger partial charge on any atom is 0.321 e. The van der Waals surface area contributed by atoms with Crippen LogP contribution in [0, 0.1) is 6.92 Å². The van der Waals surface area contributed by atoms with Gasteiger partial charge in [0.2, 0.25) is 5.89 Å². The lowest BCUT2D eigenvalue weighted by molar-refractivity contribution is -0.145. The first kappa shape index (κ1) is 41.2. The second-order valence-corrected chi connectivity index (χ2v) is 14.3. The number of carbonyl (C=O) groups excluding carboxylic acids is 3. The number of hydrogen-bond donors (Lipinski definition) is 2. The van der Waals surface area contributed by atoms with E-state index in [1.807, 2.05) is 122 Å². The molecule has 0 aliphatic carbocycles. The molecule has 0 saturated heterocycles. The average molecular weight is 777 g/mol. The summed E-state index contributed by atoms with van der Waals surface area (Å²) in [4.78, 5) is 47.1. The summed E-state index contributed by atoms with van der Waals surface area (Å²) in [5, 5.41) is 6.65. The Balaban J connectivity index is 1.36. The number of aryl methyl sites for hydroxylation is 1. The number of nitrogens with zero attached hydrogens (tertiary/aromatic N) is 2. The summed E-state index contributed by atoms with van der Waals surface area (Å²) in [7, 11) is 1.77. The number of urea groups is 1. The van der Waals surface area contributed by atoms with Crippen LogP contribution in [0.2, 0.25) is 0 Å². The number of unbranched alkanes of at least 4 members (excludes halogenated alkanes) is 4. The van der Waals surface area contributed by atoms with Gasteiger partial charge in [-0.3, -0.25) is 14.5 Å². The van der Waals surface area contributed by atoms with Crippen molar-refractivity contribution in [2.75, 3.05) is 30.4 Å². The van der Waals surface area contributed by atoms with Crippen molar-refractivity contribution < 1.29 is 23.5 Å². The van der Waals surface area contributed by atoms with Crippen LogP contribution in [0.5, 0.6) is 0 Å². The number of ketones is 1. The molecule has 0 aliphatic heterocycles. The molecule has 2 amide bonds. The maximum absolute atomic E-state index is 13.8. The third-order valence-electron chi connectivity index (χ3n) is 10.2. The van der Waals surface area contributed by atoms with Gasteiger partial charge >= 0.3 is 12.0 Å². The number of aromatic nitrogens is 1. The Morgan fingerprint density at radius 2 is 1.47 bits per heavy atom. The molecule has 0 bridgehead atoms. The maximum atomic E-state index is 13.8. The van der Waals surface area contributed by atoms with Crippen molar-refractivity contribution in [3.8, 4) is 22.6 Å². The molecule has 5 aromatic carbocycles. The van der Waals surface area contributed by atoms with Gasteiger partial charge in [0.15, 0.2) is 5.78 Å². The van der Waals surface area contributed by atoms with Gasteiger partial charge in [-0.2, -0.15) is 0 Å². The number of rotatable bonds is 18. The van der Waals surface area contributed by atoms with E-state index in [-0.39, 0.29) is 24.8 Å². The highest BCUT2D eigenvalue weighted by molar-refractivity contribution is 6.12. The molecule has 58 heavy (non-hydrogen) atoms. The van der Waals surface area contributed by atoms with Crippen LogP contribution in [0.1, 0.15) is 84.8 Å². The molecule has 1 heterocycles. The van der Waals surface area contributed by atoms with Crippen molar-refractivity contribution in [2.24, 2.45) is 0 Å². The molecule has 0 saturated carbocycles. The number of ether oxygens (including phenoxy) is 1.